The van der Waals surface area contributed by atoms with Gasteiger partial charge in [-0.05, 0) is 31.0 Å². The number of hydrogen-bond donors (Lipinski definition) is 1. The lowest BCUT2D eigenvalue weighted by atomic mass is 10.1. The lowest BCUT2D eigenvalue weighted by Gasteiger charge is -2.11. The molecule has 3 aromatic heterocycles. The number of benzene rings is 1. The van der Waals surface area contributed by atoms with Crippen molar-refractivity contribution in [2.45, 2.75) is 30.6 Å². The number of para-hydroxylation sites is 1. The molecule has 1 aromatic carbocycles. The van der Waals surface area contributed by atoms with Crippen molar-refractivity contribution in [1.29, 1.82) is 0 Å². The molecule has 0 amide bonds. The normalized spacial score (nSPS) is 17.1. The molecule has 0 aliphatic carbocycles. The zero-order valence-corrected chi connectivity index (χ0v) is 15.6. The van der Waals surface area contributed by atoms with Crippen LogP contribution in [0.15, 0.2) is 58.4 Å². The first kappa shape index (κ1) is 16.6. The van der Waals surface area contributed by atoms with E-state index in [4.69, 9.17) is 9.15 Å². The van der Waals surface area contributed by atoms with Crippen LogP contribution in [0, 0.1) is 0 Å². The number of thioether (sulfide) groups is 1. The second-order valence-electron chi connectivity index (χ2n) is 6.67. The number of hydrogen-bond acceptors (Lipinski definition) is 5. The predicted molar refractivity (Wildman–Crippen MR) is 105 cm³/mol. The number of furan rings is 1. The first-order chi connectivity index (χ1) is 13.4. The number of fused-ring (bicyclic) bond motifs is 1. The zero-order valence-electron chi connectivity index (χ0n) is 14.8. The van der Waals surface area contributed by atoms with Gasteiger partial charge in [0, 0.05) is 35.0 Å². The fraction of sp³-hybridized carbons (Fsp3) is 0.300. The highest BCUT2D eigenvalue weighted by Crippen LogP contribution is 2.31. The Bertz CT molecular complexity index is 1030. The van der Waals surface area contributed by atoms with Crippen molar-refractivity contribution in [2.24, 2.45) is 0 Å². The fourth-order valence-electron chi connectivity index (χ4n) is 3.50. The largest absolute Gasteiger partial charge is 0.467 e. The molecule has 1 atom stereocenters. The number of H-pyrrole nitrogens is 1. The summed E-state index contributed by atoms with van der Waals surface area (Å²) in [6.45, 7) is 1.47. The standard InChI is InChI=1S/C20H20N4O2S/c1-2-8-18-16(7-1)17(11-21-18)19-22-23-20(27-13-15-6-4-10-26-15)24(19)12-14-5-3-9-25-14/h1-3,5,7-9,11,15,21H,4,6,10,12-13H2/t15-/m1/s1. The Balaban J connectivity index is 1.51. The van der Waals surface area contributed by atoms with Crippen LogP contribution < -0.4 is 0 Å². The smallest absolute Gasteiger partial charge is 0.192 e. The summed E-state index contributed by atoms with van der Waals surface area (Å²) in [7, 11) is 0. The van der Waals surface area contributed by atoms with Crippen molar-refractivity contribution >= 4 is 22.7 Å². The van der Waals surface area contributed by atoms with Gasteiger partial charge in [0.25, 0.3) is 0 Å². The second-order valence-corrected chi connectivity index (χ2v) is 7.65. The molecule has 1 aliphatic heterocycles. The molecule has 5 rings (SSSR count). The number of ether oxygens (including phenoxy) is 1. The molecular formula is C20H20N4O2S. The van der Waals surface area contributed by atoms with Crippen LogP contribution in [0.4, 0.5) is 0 Å². The number of nitrogens with one attached hydrogen (secondary N) is 1. The molecule has 4 aromatic rings. The highest BCUT2D eigenvalue weighted by atomic mass is 32.2. The van der Waals surface area contributed by atoms with Crippen molar-refractivity contribution < 1.29 is 9.15 Å². The third kappa shape index (κ3) is 3.28. The summed E-state index contributed by atoms with van der Waals surface area (Å²) in [5.74, 6) is 2.62. The van der Waals surface area contributed by atoms with E-state index in [1.54, 1.807) is 18.0 Å². The van der Waals surface area contributed by atoms with E-state index in [2.05, 4.69) is 31.9 Å². The van der Waals surface area contributed by atoms with Crippen molar-refractivity contribution in [2.75, 3.05) is 12.4 Å². The summed E-state index contributed by atoms with van der Waals surface area (Å²) < 4.78 is 13.5. The first-order valence-corrected chi connectivity index (χ1v) is 10.1. The van der Waals surface area contributed by atoms with E-state index in [9.17, 15) is 0 Å². The highest BCUT2D eigenvalue weighted by molar-refractivity contribution is 7.99. The maximum absolute atomic E-state index is 5.76. The minimum absolute atomic E-state index is 0.306. The summed E-state index contributed by atoms with van der Waals surface area (Å²) in [5.41, 5.74) is 2.14. The lowest BCUT2D eigenvalue weighted by molar-refractivity contribution is 0.129. The topological polar surface area (TPSA) is 68.9 Å². The van der Waals surface area contributed by atoms with Gasteiger partial charge in [-0.25, -0.2) is 0 Å². The molecule has 1 saturated heterocycles. The van der Waals surface area contributed by atoms with Crippen LogP contribution in [0.25, 0.3) is 22.3 Å². The van der Waals surface area contributed by atoms with Crippen molar-refractivity contribution in [3.8, 4) is 11.4 Å². The van der Waals surface area contributed by atoms with E-state index in [1.807, 2.05) is 30.5 Å². The van der Waals surface area contributed by atoms with Crippen molar-refractivity contribution in [1.82, 2.24) is 19.7 Å². The van der Waals surface area contributed by atoms with E-state index in [-0.39, 0.29) is 0 Å². The Morgan fingerprint density at radius 3 is 3.00 bits per heavy atom. The second kappa shape index (κ2) is 7.25. The zero-order chi connectivity index (χ0) is 18.1. The van der Waals surface area contributed by atoms with E-state index in [0.717, 1.165) is 58.4 Å². The molecule has 0 unspecified atom stereocenters. The van der Waals surface area contributed by atoms with Gasteiger partial charge in [0.15, 0.2) is 11.0 Å². The van der Waals surface area contributed by atoms with Gasteiger partial charge in [-0.1, -0.05) is 30.0 Å². The molecule has 1 aliphatic rings. The Morgan fingerprint density at radius 1 is 1.19 bits per heavy atom. The van der Waals surface area contributed by atoms with Crippen LogP contribution in [0.5, 0.6) is 0 Å². The van der Waals surface area contributed by atoms with Crippen LogP contribution in [0.3, 0.4) is 0 Å². The number of aromatic amines is 1. The average Bonchev–Trinajstić information content (AvgIpc) is 3.48. The van der Waals surface area contributed by atoms with Gasteiger partial charge in [0.05, 0.1) is 18.9 Å². The molecule has 4 heterocycles. The van der Waals surface area contributed by atoms with Gasteiger partial charge in [-0.3, -0.25) is 4.57 Å². The molecule has 0 bridgehead atoms. The maximum atomic E-state index is 5.76. The van der Waals surface area contributed by atoms with Crippen LogP contribution in [0.1, 0.15) is 18.6 Å². The van der Waals surface area contributed by atoms with Gasteiger partial charge in [-0.2, -0.15) is 0 Å². The van der Waals surface area contributed by atoms with Gasteiger partial charge < -0.3 is 14.1 Å². The quantitative estimate of drug-likeness (QED) is 0.504. The molecule has 0 spiro atoms. The third-order valence-corrected chi connectivity index (χ3v) is 5.96. The van der Waals surface area contributed by atoms with Crippen molar-refractivity contribution in [3.63, 3.8) is 0 Å². The number of aromatic nitrogens is 4. The minimum Gasteiger partial charge on any atom is -0.467 e. The molecule has 0 radical (unpaired) electrons. The van der Waals surface area contributed by atoms with Crippen LogP contribution in [0.2, 0.25) is 0 Å². The Morgan fingerprint density at radius 2 is 2.15 bits per heavy atom. The van der Waals surface area contributed by atoms with Crippen LogP contribution in [-0.4, -0.2) is 38.2 Å². The number of nitrogens with zero attached hydrogens (tertiary/aromatic N) is 3. The molecule has 1 N–H and O–H groups in total. The van der Waals surface area contributed by atoms with E-state index in [1.165, 1.54) is 0 Å². The van der Waals surface area contributed by atoms with E-state index >= 15 is 0 Å². The van der Waals surface area contributed by atoms with Gasteiger partial charge in [0.1, 0.15) is 5.76 Å². The molecule has 138 valence electrons. The Kier molecular flexibility index (Phi) is 4.47. The molecule has 0 saturated carbocycles. The van der Waals surface area contributed by atoms with E-state index in [0.29, 0.717) is 12.6 Å². The van der Waals surface area contributed by atoms with Gasteiger partial charge in [0.2, 0.25) is 0 Å². The summed E-state index contributed by atoms with van der Waals surface area (Å²) in [6, 6.07) is 12.1. The number of rotatable bonds is 6. The lowest BCUT2D eigenvalue weighted by Crippen LogP contribution is -2.10. The van der Waals surface area contributed by atoms with Crippen LogP contribution >= 0.6 is 11.8 Å². The molecular weight excluding hydrogens is 360 g/mol. The first-order valence-electron chi connectivity index (χ1n) is 9.15. The summed E-state index contributed by atoms with van der Waals surface area (Å²) in [5, 5.41) is 11.0. The average molecular weight is 380 g/mol. The van der Waals surface area contributed by atoms with E-state index < -0.39 is 0 Å². The SMILES string of the molecule is c1coc(Cn2c(SC[C@H]3CCCO3)nnc2-c2c[nH]c3ccccc23)c1. The van der Waals surface area contributed by atoms with Crippen LogP contribution in [-0.2, 0) is 11.3 Å². The third-order valence-electron chi connectivity index (χ3n) is 4.86. The fourth-order valence-corrected chi connectivity index (χ4v) is 4.50. The summed E-state index contributed by atoms with van der Waals surface area (Å²) >= 11 is 1.70. The van der Waals surface area contributed by atoms with Gasteiger partial charge in [-0.15, -0.1) is 10.2 Å². The van der Waals surface area contributed by atoms with Crippen molar-refractivity contribution in [3.05, 3.63) is 54.6 Å². The molecule has 1 fully saturated rings. The Labute approximate surface area is 160 Å². The highest BCUT2D eigenvalue weighted by Gasteiger charge is 2.21. The predicted octanol–water partition coefficient (Wildman–Crippen LogP) is 4.34. The maximum Gasteiger partial charge on any atom is 0.192 e. The van der Waals surface area contributed by atoms with Gasteiger partial charge >= 0.3 is 0 Å². The molecule has 7 heteroatoms. The Hall–Kier alpha value is -2.51. The summed E-state index contributed by atoms with van der Waals surface area (Å²) in [6.07, 6.45) is 6.27. The summed E-state index contributed by atoms with van der Waals surface area (Å²) in [4.78, 5) is 3.33. The molecule has 27 heavy (non-hydrogen) atoms. The monoisotopic (exact) mass is 380 g/mol. The minimum atomic E-state index is 0.306. The molecule has 6 nitrogen and oxygen atoms in total.